The normalized spacial score (nSPS) is 10.2. The van der Waals surface area contributed by atoms with Gasteiger partial charge in [-0.25, -0.2) is 0 Å². The first kappa shape index (κ1) is 23.3. The van der Waals surface area contributed by atoms with Gasteiger partial charge in [-0.15, -0.1) is 0 Å². The number of hydrogen-bond donors (Lipinski definition) is 2. The van der Waals surface area contributed by atoms with Gasteiger partial charge in [-0.1, -0.05) is 24.3 Å². The predicted molar refractivity (Wildman–Crippen MR) is 122 cm³/mol. The Balaban J connectivity index is 0.000000222. The zero-order chi connectivity index (χ0) is 21.9. The van der Waals surface area contributed by atoms with E-state index in [-0.39, 0.29) is 0 Å². The molecule has 0 saturated carbocycles. The van der Waals surface area contributed by atoms with Gasteiger partial charge in [0.2, 0.25) is 0 Å². The van der Waals surface area contributed by atoms with Crippen molar-refractivity contribution < 1.29 is 18.9 Å². The third-order valence-electron chi connectivity index (χ3n) is 4.77. The van der Waals surface area contributed by atoms with E-state index < -0.39 is 0 Å². The van der Waals surface area contributed by atoms with Crippen molar-refractivity contribution in [2.24, 2.45) is 11.5 Å². The lowest BCUT2D eigenvalue weighted by Crippen LogP contribution is -2.05. The highest BCUT2D eigenvalue weighted by Gasteiger charge is 2.12. The van der Waals surface area contributed by atoms with E-state index in [2.05, 4.69) is 0 Å². The van der Waals surface area contributed by atoms with E-state index in [4.69, 9.17) is 30.4 Å². The fourth-order valence-electron chi connectivity index (χ4n) is 3.35. The summed E-state index contributed by atoms with van der Waals surface area (Å²) in [6.45, 7) is 1.21. The van der Waals surface area contributed by atoms with Crippen molar-refractivity contribution in [3.8, 4) is 23.0 Å². The molecule has 6 nitrogen and oxygen atoms in total. The van der Waals surface area contributed by atoms with Crippen molar-refractivity contribution in [2.45, 2.75) is 12.8 Å². The standard InChI is InChI=1S/C14H17NO2.C10H15NO2/c1-16-13-9-10(7-8-15)14(17-2)12-6-4-3-5-11(12)13;1-12-9-3-4-10(13-2)8(7-9)5-6-11/h3-6,9H,7-8,15H2,1-2H3;3-4,7H,5-6,11H2,1-2H3. The molecule has 0 aliphatic carbocycles. The average molecular weight is 413 g/mol. The van der Waals surface area contributed by atoms with Crippen LogP contribution in [0, 0.1) is 0 Å². The second kappa shape index (κ2) is 11.9. The van der Waals surface area contributed by atoms with Crippen LogP contribution in [0.2, 0.25) is 0 Å². The van der Waals surface area contributed by atoms with E-state index in [9.17, 15) is 0 Å². The SMILES string of the molecule is COc1cc(CCN)c(OC)c2ccccc12.COc1ccc(OC)c(CCN)c1. The smallest absolute Gasteiger partial charge is 0.130 e. The third kappa shape index (κ3) is 5.55. The van der Waals surface area contributed by atoms with Crippen LogP contribution in [0.25, 0.3) is 10.8 Å². The summed E-state index contributed by atoms with van der Waals surface area (Å²) in [6.07, 6.45) is 1.59. The minimum atomic E-state index is 0.595. The van der Waals surface area contributed by atoms with Crippen LogP contribution in [0.5, 0.6) is 23.0 Å². The molecule has 3 rings (SSSR count). The maximum absolute atomic E-state index is 5.62. The summed E-state index contributed by atoms with van der Waals surface area (Å²) in [6, 6.07) is 15.8. The van der Waals surface area contributed by atoms with Crippen LogP contribution in [0.15, 0.2) is 48.5 Å². The molecule has 0 aliphatic heterocycles. The molecule has 0 bridgehead atoms. The predicted octanol–water partition coefficient (Wildman–Crippen LogP) is 3.56. The van der Waals surface area contributed by atoms with Crippen molar-refractivity contribution >= 4 is 10.8 Å². The Morgan fingerprint density at radius 1 is 0.633 bits per heavy atom. The average Bonchev–Trinajstić information content (AvgIpc) is 2.79. The molecule has 30 heavy (non-hydrogen) atoms. The second-order valence-corrected chi connectivity index (χ2v) is 6.57. The fraction of sp³-hybridized carbons (Fsp3) is 0.333. The molecule has 0 spiro atoms. The summed E-state index contributed by atoms with van der Waals surface area (Å²) in [5.41, 5.74) is 13.3. The van der Waals surface area contributed by atoms with Crippen LogP contribution in [0.3, 0.4) is 0 Å². The quantitative estimate of drug-likeness (QED) is 0.588. The first-order valence-corrected chi connectivity index (χ1v) is 9.87. The topological polar surface area (TPSA) is 89.0 Å². The number of methoxy groups -OCH3 is 4. The molecule has 0 aromatic heterocycles. The van der Waals surface area contributed by atoms with Gasteiger partial charge in [-0.05, 0) is 61.3 Å². The molecule has 0 atom stereocenters. The third-order valence-corrected chi connectivity index (χ3v) is 4.77. The van der Waals surface area contributed by atoms with Gasteiger partial charge in [0.15, 0.2) is 0 Å². The molecular formula is C24H32N2O4. The molecule has 162 valence electrons. The molecule has 0 amide bonds. The van der Waals surface area contributed by atoms with Gasteiger partial charge >= 0.3 is 0 Å². The zero-order valence-electron chi connectivity index (χ0n) is 18.2. The number of ether oxygens (including phenoxy) is 4. The molecule has 3 aromatic carbocycles. The van der Waals surface area contributed by atoms with Gasteiger partial charge in [0.1, 0.15) is 23.0 Å². The first-order chi connectivity index (χ1) is 14.6. The molecule has 0 heterocycles. The minimum Gasteiger partial charge on any atom is -0.497 e. The van der Waals surface area contributed by atoms with E-state index in [1.165, 1.54) is 0 Å². The summed E-state index contributed by atoms with van der Waals surface area (Å²) in [5, 5.41) is 2.13. The molecule has 3 aromatic rings. The molecule has 4 N–H and O–H groups in total. The van der Waals surface area contributed by atoms with Gasteiger partial charge in [0.25, 0.3) is 0 Å². The molecular weight excluding hydrogens is 380 g/mol. The molecule has 6 heteroatoms. The number of benzene rings is 3. The molecule has 0 fully saturated rings. The summed E-state index contributed by atoms with van der Waals surface area (Å²) in [4.78, 5) is 0. The van der Waals surface area contributed by atoms with E-state index in [1.807, 2.05) is 48.5 Å². The monoisotopic (exact) mass is 412 g/mol. The van der Waals surface area contributed by atoms with E-state index in [0.717, 1.165) is 57.7 Å². The van der Waals surface area contributed by atoms with Gasteiger partial charge in [0.05, 0.1) is 28.4 Å². The van der Waals surface area contributed by atoms with Crippen LogP contribution in [-0.2, 0) is 12.8 Å². The Morgan fingerprint density at radius 3 is 1.83 bits per heavy atom. The molecule has 0 aliphatic rings. The highest BCUT2D eigenvalue weighted by atomic mass is 16.5. The minimum absolute atomic E-state index is 0.595. The molecule has 0 unspecified atom stereocenters. The van der Waals surface area contributed by atoms with E-state index >= 15 is 0 Å². The summed E-state index contributed by atoms with van der Waals surface area (Å²) >= 11 is 0. The maximum atomic E-state index is 5.62. The van der Waals surface area contributed by atoms with Crippen LogP contribution in [0.4, 0.5) is 0 Å². The van der Waals surface area contributed by atoms with Crippen molar-refractivity contribution in [1.29, 1.82) is 0 Å². The van der Waals surface area contributed by atoms with Gasteiger partial charge in [-0.2, -0.15) is 0 Å². The number of rotatable bonds is 8. The maximum Gasteiger partial charge on any atom is 0.130 e. The van der Waals surface area contributed by atoms with Crippen molar-refractivity contribution in [1.82, 2.24) is 0 Å². The highest BCUT2D eigenvalue weighted by Crippen LogP contribution is 2.36. The molecule has 0 radical (unpaired) electrons. The lowest BCUT2D eigenvalue weighted by molar-refractivity contribution is 0.399. The number of nitrogens with two attached hydrogens (primary N) is 2. The Hall–Kier alpha value is -2.96. The Labute approximate surface area is 178 Å². The van der Waals surface area contributed by atoms with Crippen molar-refractivity contribution in [3.63, 3.8) is 0 Å². The Bertz CT molecular complexity index is 944. The largest absolute Gasteiger partial charge is 0.497 e. The van der Waals surface area contributed by atoms with Crippen LogP contribution in [-0.4, -0.2) is 41.5 Å². The van der Waals surface area contributed by atoms with Crippen LogP contribution in [0.1, 0.15) is 11.1 Å². The fourth-order valence-corrected chi connectivity index (χ4v) is 3.35. The first-order valence-electron chi connectivity index (χ1n) is 9.87. The van der Waals surface area contributed by atoms with Gasteiger partial charge in [0, 0.05) is 10.8 Å². The Kier molecular flexibility index (Phi) is 9.25. The van der Waals surface area contributed by atoms with E-state index in [1.54, 1.807) is 28.4 Å². The summed E-state index contributed by atoms with van der Waals surface area (Å²) < 4.78 is 21.2. The number of hydrogen-bond acceptors (Lipinski definition) is 6. The lowest BCUT2D eigenvalue weighted by atomic mass is 10.0. The molecule has 0 saturated heterocycles. The Morgan fingerprint density at radius 2 is 1.27 bits per heavy atom. The lowest BCUT2D eigenvalue weighted by Gasteiger charge is -2.14. The van der Waals surface area contributed by atoms with E-state index in [0.29, 0.717) is 13.1 Å². The summed E-state index contributed by atoms with van der Waals surface area (Å²) in [7, 11) is 6.67. The van der Waals surface area contributed by atoms with Crippen LogP contribution < -0.4 is 30.4 Å². The van der Waals surface area contributed by atoms with Crippen LogP contribution >= 0.6 is 0 Å². The van der Waals surface area contributed by atoms with Crippen molar-refractivity contribution in [3.05, 3.63) is 59.7 Å². The van der Waals surface area contributed by atoms with Gasteiger partial charge in [-0.3, -0.25) is 0 Å². The summed E-state index contributed by atoms with van der Waals surface area (Å²) in [5.74, 6) is 3.47. The van der Waals surface area contributed by atoms with Crippen molar-refractivity contribution in [2.75, 3.05) is 41.5 Å². The van der Waals surface area contributed by atoms with Gasteiger partial charge < -0.3 is 30.4 Å². The number of fused-ring (bicyclic) bond motifs is 1. The zero-order valence-corrected chi connectivity index (χ0v) is 18.2. The highest BCUT2D eigenvalue weighted by molar-refractivity contribution is 5.94. The second-order valence-electron chi connectivity index (χ2n) is 6.57.